The highest BCUT2D eigenvalue weighted by Gasteiger charge is 2.24. The first kappa shape index (κ1) is 13.4. The van der Waals surface area contributed by atoms with E-state index < -0.39 is 5.97 Å². The van der Waals surface area contributed by atoms with E-state index in [4.69, 9.17) is 11.5 Å². The average molecular weight is 238 g/mol. The highest BCUT2D eigenvalue weighted by Crippen LogP contribution is 2.19. The number of likely N-dealkylation sites (tertiary alicyclic amines) is 1. The minimum Gasteiger partial charge on any atom is -0.481 e. The summed E-state index contributed by atoms with van der Waals surface area (Å²) >= 11 is 0. The van der Waals surface area contributed by atoms with Crippen LogP contribution in [0.15, 0.2) is 0 Å². The van der Waals surface area contributed by atoms with E-state index in [2.05, 4.69) is 11.2 Å². The predicted octanol–water partition coefficient (Wildman–Crippen LogP) is 0.906. The van der Waals surface area contributed by atoms with Gasteiger partial charge in [0.15, 0.2) is 0 Å². The molecule has 1 fully saturated rings. The molecule has 5 nitrogen and oxygen atoms in total. The van der Waals surface area contributed by atoms with Gasteiger partial charge in [-0.25, -0.2) is 4.79 Å². The van der Waals surface area contributed by atoms with Crippen LogP contribution >= 0.6 is 0 Å². The molecule has 5 heteroatoms. The summed E-state index contributed by atoms with van der Waals surface area (Å²) in [5, 5.41) is 11.4. The molecule has 17 heavy (non-hydrogen) atoms. The number of carbonyl (C=O) groups is 2. The Balaban J connectivity index is 2.35. The second-order valence-electron chi connectivity index (χ2n) is 4.24. The Bertz CT molecular complexity index is 322. The molecule has 0 aromatic heterocycles. The third kappa shape index (κ3) is 4.77. The van der Waals surface area contributed by atoms with Crippen LogP contribution < -0.4 is 5.32 Å². The molecule has 1 aliphatic rings. The Morgan fingerprint density at radius 1 is 1.53 bits per heavy atom. The van der Waals surface area contributed by atoms with Crippen LogP contribution in [0.2, 0.25) is 0 Å². The molecule has 0 aliphatic carbocycles. The van der Waals surface area contributed by atoms with Crippen molar-refractivity contribution in [3.63, 3.8) is 0 Å². The van der Waals surface area contributed by atoms with Crippen molar-refractivity contribution in [1.82, 2.24) is 10.2 Å². The first-order valence-corrected chi connectivity index (χ1v) is 5.81. The lowest BCUT2D eigenvalue weighted by Crippen LogP contribution is -2.46. The zero-order chi connectivity index (χ0) is 12.7. The number of piperidine rings is 1. The van der Waals surface area contributed by atoms with Gasteiger partial charge in [0, 0.05) is 32.5 Å². The molecule has 0 bridgehead atoms. The number of amides is 2. The van der Waals surface area contributed by atoms with E-state index in [9.17, 15) is 9.59 Å². The number of hydrogen-bond acceptors (Lipinski definition) is 2. The molecule has 1 atom stereocenters. The van der Waals surface area contributed by atoms with Gasteiger partial charge in [0.25, 0.3) is 0 Å². The van der Waals surface area contributed by atoms with E-state index in [0.29, 0.717) is 26.1 Å². The van der Waals surface area contributed by atoms with Crippen LogP contribution in [0.5, 0.6) is 0 Å². The zero-order valence-electron chi connectivity index (χ0n) is 9.82. The van der Waals surface area contributed by atoms with E-state index in [0.717, 1.165) is 12.8 Å². The van der Waals surface area contributed by atoms with Gasteiger partial charge in [0.2, 0.25) is 0 Å². The smallest absolute Gasteiger partial charge is 0.317 e. The van der Waals surface area contributed by atoms with E-state index in [1.54, 1.807) is 4.90 Å². The number of terminal acetylenes is 1. The van der Waals surface area contributed by atoms with Crippen LogP contribution in [0.3, 0.4) is 0 Å². The highest BCUT2D eigenvalue weighted by molar-refractivity contribution is 5.74. The van der Waals surface area contributed by atoms with Gasteiger partial charge >= 0.3 is 12.0 Å². The Kier molecular flexibility index (Phi) is 5.34. The summed E-state index contributed by atoms with van der Waals surface area (Å²) in [6.45, 7) is 1.68. The van der Waals surface area contributed by atoms with Crippen LogP contribution in [0, 0.1) is 18.3 Å². The van der Waals surface area contributed by atoms with Crippen LogP contribution in [0.1, 0.15) is 25.7 Å². The molecule has 0 radical (unpaired) electrons. The molecule has 94 valence electrons. The largest absolute Gasteiger partial charge is 0.481 e. The number of aliphatic carboxylic acids is 1. The maximum absolute atomic E-state index is 11.7. The molecular weight excluding hydrogens is 220 g/mol. The number of urea groups is 1. The summed E-state index contributed by atoms with van der Waals surface area (Å²) in [5.74, 6) is 1.72. The van der Waals surface area contributed by atoms with E-state index in [1.807, 2.05) is 0 Å². The normalized spacial score (nSPS) is 19.5. The molecule has 2 N–H and O–H groups in total. The average Bonchev–Trinajstić information content (AvgIpc) is 2.28. The van der Waals surface area contributed by atoms with Crippen molar-refractivity contribution in [2.24, 2.45) is 5.92 Å². The van der Waals surface area contributed by atoms with Gasteiger partial charge in [0.1, 0.15) is 0 Å². The fraction of sp³-hybridized carbons (Fsp3) is 0.667. The van der Waals surface area contributed by atoms with Crippen molar-refractivity contribution < 1.29 is 14.7 Å². The summed E-state index contributed by atoms with van der Waals surface area (Å²) in [5.41, 5.74) is 0. The van der Waals surface area contributed by atoms with Gasteiger partial charge in [-0.3, -0.25) is 4.79 Å². The maximum atomic E-state index is 11.7. The van der Waals surface area contributed by atoms with Gasteiger partial charge in [0.05, 0.1) is 0 Å². The molecular formula is C12H18N2O3. The van der Waals surface area contributed by atoms with E-state index in [-0.39, 0.29) is 18.4 Å². The van der Waals surface area contributed by atoms with Gasteiger partial charge in [-0.1, -0.05) is 0 Å². The molecule has 0 saturated carbocycles. The molecule has 1 aliphatic heterocycles. The lowest BCUT2D eigenvalue weighted by Gasteiger charge is -2.32. The van der Waals surface area contributed by atoms with E-state index >= 15 is 0 Å². The highest BCUT2D eigenvalue weighted by atomic mass is 16.4. The topological polar surface area (TPSA) is 69.6 Å². The van der Waals surface area contributed by atoms with Crippen LogP contribution in [0.25, 0.3) is 0 Å². The van der Waals surface area contributed by atoms with Crippen molar-refractivity contribution >= 4 is 12.0 Å². The first-order chi connectivity index (χ1) is 8.13. The van der Waals surface area contributed by atoms with Gasteiger partial charge < -0.3 is 15.3 Å². The summed E-state index contributed by atoms with van der Waals surface area (Å²) in [6.07, 6.45) is 7.47. The van der Waals surface area contributed by atoms with Crippen molar-refractivity contribution in [2.45, 2.75) is 25.7 Å². The predicted molar refractivity (Wildman–Crippen MR) is 63.4 cm³/mol. The van der Waals surface area contributed by atoms with Crippen LogP contribution in [-0.2, 0) is 4.79 Å². The van der Waals surface area contributed by atoms with E-state index in [1.165, 1.54) is 0 Å². The quantitative estimate of drug-likeness (QED) is 0.565. The van der Waals surface area contributed by atoms with Crippen molar-refractivity contribution in [3.8, 4) is 12.3 Å². The van der Waals surface area contributed by atoms with Gasteiger partial charge in [-0.05, 0) is 18.8 Å². The lowest BCUT2D eigenvalue weighted by molar-refractivity contribution is -0.138. The Labute approximate surface area is 101 Å². The summed E-state index contributed by atoms with van der Waals surface area (Å²) in [4.78, 5) is 24.0. The fourth-order valence-electron chi connectivity index (χ4n) is 2.02. The third-order valence-corrected chi connectivity index (χ3v) is 2.82. The number of rotatable bonds is 4. The summed E-state index contributed by atoms with van der Waals surface area (Å²) < 4.78 is 0. The number of nitrogens with zero attached hydrogens (tertiary/aromatic N) is 1. The number of carboxylic acids is 1. The Morgan fingerprint density at radius 2 is 2.29 bits per heavy atom. The number of carboxylic acid groups (broad SMARTS) is 1. The van der Waals surface area contributed by atoms with Gasteiger partial charge in [-0.2, -0.15) is 0 Å². The SMILES string of the molecule is C#CCCNC(=O)N1CCCC(CC(=O)O)C1. The molecule has 1 rings (SSSR count). The van der Waals surface area contributed by atoms with Gasteiger partial charge in [-0.15, -0.1) is 12.3 Å². The zero-order valence-corrected chi connectivity index (χ0v) is 9.82. The number of nitrogens with one attached hydrogen (secondary N) is 1. The van der Waals surface area contributed by atoms with Crippen molar-refractivity contribution in [2.75, 3.05) is 19.6 Å². The molecule has 1 saturated heterocycles. The number of carbonyl (C=O) groups excluding carboxylic acids is 1. The molecule has 1 unspecified atom stereocenters. The lowest BCUT2D eigenvalue weighted by atomic mass is 9.95. The summed E-state index contributed by atoms with van der Waals surface area (Å²) in [7, 11) is 0. The maximum Gasteiger partial charge on any atom is 0.317 e. The Hall–Kier alpha value is -1.70. The molecule has 0 aromatic rings. The molecule has 1 heterocycles. The minimum atomic E-state index is -0.801. The minimum absolute atomic E-state index is 0.0691. The molecule has 0 aromatic carbocycles. The van der Waals surface area contributed by atoms with Crippen LogP contribution in [-0.4, -0.2) is 41.6 Å². The van der Waals surface area contributed by atoms with Crippen molar-refractivity contribution in [1.29, 1.82) is 0 Å². The third-order valence-electron chi connectivity index (χ3n) is 2.82. The second-order valence-corrected chi connectivity index (χ2v) is 4.24. The summed E-state index contributed by atoms with van der Waals surface area (Å²) in [6, 6.07) is -0.143. The van der Waals surface area contributed by atoms with Crippen molar-refractivity contribution in [3.05, 3.63) is 0 Å². The first-order valence-electron chi connectivity index (χ1n) is 5.81. The second kappa shape index (κ2) is 6.79. The number of hydrogen-bond donors (Lipinski definition) is 2. The Morgan fingerprint density at radius 3 is 2.94 bits per heavy atom. The molecule has 2 amide bonds. The fourth-order valence-corrected chi connectivity index (χ4v) is 2.02. The van der Waals surface area contributed by atoms with Crippen LogP contribution in [0.4, 0.5) is 4.79 Å². The molecule has 0 spiro atoms. The monoisotopic (exact) mass is 238 g/mol. The standard InChI is InChI=1S/C12H18N2O3/c1-2-3-6-13-12(17)14-7-4-5-10(9-14)8-11(15)16/h1,10H,3-9H2,(H,13,17)(H,15,16).